The number of carbonyl (C=O) groups excluding carboxylic acids is 2. The Morgan fingerprint density at radius 3 is 2.58 bits per heavy atom. The molecule has 2 aliphatic rings. The Morgan fingerprint density at radius 2 is 1.88 bits per heavy atom. The summed E-state index contributed by atoms with van der Waals surface area (Å²) in [7, 11) is 0. The van der Waals surface area contributed by atoms with Gasteiger partial charge in [0.1, 0.15) is 12.2 Å². The van der Waals surface area contributed by atoms with Gasteiger partial charge >= 0.3 is 6.03 Å². The monoisotopic (exact) mass is 353 g/mol. The molecule has 1 N–H and O–H groups in total. The molecular weight excluding hydrogens is 333 g/mol. The first-order chi connectivity index (χ1) is 11.6. The van der Waals surface area contributed by atoms with Gasteiger partial charge in [0.15, 0.2) is 0 Å². The Balaban J connectivity index is 1.71. The topological polar surface area (TPSA) is 52.7 Å². The van der Waals surface area contributed by atoms with Gasteiger partial charge in [0, 0.05) is 19.5 Å². The second kappa shape index (κ2) is 7.38. The number of rotatable bonds is 2. The average Bonchev–Trinajstić information content (AvgIpc) is 2.99. The highest BCUT2D eigenvalue weighted by molar-refractivity contribution is 6.33. The highest BCUT2D eigenvalue weighted by Gasteiger charge is 2.41. The number of para-hydroxylation sites is 1. The highest BCUT2D eigenvalue weighted by atomic mass is 35.5. The van der Waals surface area contributed by atoms with Crippen LogP contribution in [0.25, 0.3) is 0 Å². The third kappa shape index (κ3) is 3.64. The number of anilines is 1. The minimum absolute atomic E-state index is 0.0608. The molecule has 3 rings (SSSR count). The molecule has 2 heterocycles. The van der Waals surface area contributed by atoms with Crippen LogP contribution < -0.4 is 5.32 Å². The fraction of sp³-hybridized carbons (Fsp3) is 0.529. The molecule has 1 aromatic rings. The summed E-state index contributed by atoms with van der Waals surface area (Å²) in [6.45, 7) is 1.30. The molecule has 130 valence electrons. The maximum absolute atomic E-state index is 13.9. The summed E-state index contributed by atoms with van der Waals surface area (Å²) < 4.78 is 13.9. The van der Waals surface area contributed by atoms with Crippen LogP contribution in [-0.2, 0) is 4.79 Å². The number of alkyl halides is 1. The number of likely N-dealkylation sites (tertiary alicyclic amines) is 2. The number of piperidine rings is 1. The largest absolute Gasteiger partial charge is 0.341 e. The zero-order valence-electron chi connectivity index (χ0n) is 13.4. The molecule has 0 bridgehead atoms. The van der Waals surface area contributed by atoms with Crippen molar-refractivity contribution in [3.63, 3.8) is 0 Å². The third-order valence-electron chi connectivity index (χ3n) is 4.58. The van der Waals surface area contributed by atoms with E-state index >= 15 is 0 Å². The number of halogens is 2. The van der Waals surface area contributed by atoms with Gasteiger partial charge in [-0.25, -0.2) is 9.18 Å². The lowest BCUT2D eigenvalue weighted by Gasteiger charge is -2.32. The van der Waals surface area contributed by atoms with Crippen LogP contribution in [0.2, 0.25) is 5.02 Å². The molecule has 2 aliphatic heterocycles. The Hall–Kier alpha value is -1.82. The van der Waals surface area contributed by atoms with Gasteiger partial charge in [-0.1, -0.05) is 23.7 Å². The van der Waals surface area contributed by atoms with Crippen molar-refractivity contribution in [1.29, 1.82) is 0 Å². The average molecular weight is 354 g/mol. The number of nitrogens with one attached hydrogen (secondary N) is 1. The van der Waals surface area contributed by atoms with Crippen molar-refractivity contribution in [2.75, 3.05) is 25.0 Å². The van der Waals surface area contributed by atoms with Crippen molar-refractivity contribution in [2.45, 2.75) is 37.9 Å². The Bertz CT molecular complexity index is 622. The molecule has 2 atom stereocenters. The van der Waals surface area contributed by atoms with Crippen molar-refractivity contribution in [3.8, 4) is 0 Å². The van der Waals surface area contributed by atoms with Gasteiger partial charge in [-0.2, -0.15) is 0 Å². The van der Waals surface area contributed by atoms with Gasteiger partial charge in [-0.05, 0) is 31.4 Å². The maximum atomic E-state index is 13.9. The molecule has 3 amide bonds. The molecule has 1 aromatic carbocycles. The zero-order chi connectivity index (χ0) is 17.1. The lowest BCUT2D eigenvalue weighted by atomic mass is 10.1. The first-order valence-electron chi connectivity index (χ1n) is 8.31. The van der Waals surface area contributed by atoms with Crippen molar-refractivity contribution in [1.82, 2.24) is 9.80 Å². The van der Waals surface area contributed by atoms with Gasteiger partial charge in [-0.3, -0.25) is 4.79 Å². The van der Waals surface area contributed by atoms with Gasteiger partial charge in [0.2, 0.25) is 5.91 Å². The standard InChI is InChI=1S/C17H21ClFN3O2/c18-13-6-2-3-7-14(13)20-17(24)22-11-12(19)10-15(22)16(23)21-8-4-1-5-9-21/h2-3,6-7,12,15H,1,4-5,8-11H2,(H,20,24)/t12-,15-/m0/s1. The van der Waals surface area contributed by atoms with Crippen LogP contribution >= 0.6 is 11.6 Å². The first-order valence-corrected chi connectivity index (χ1v) is 8.69. The van der Waals surface area contributed by atoms with Crippen LogP contribution in [0.3, 0.4) is 0 Å². The van der Waals surface area contributed by atoms with E-state index in [2.05, 4.69) is 5.32 Å². The smallest absolute Gasteiger partial charge is 0.322 e. The number of urea groups is 1. The van der Waals surface area contributed by atoms with Crippen LogP contribution in [0, 0.1) is 0 Å². The molecule has 0 aliphatic carbocycles. The minimum Gasteiger partial charge on any atom is -0.341 e. The summed E-state index contributed by atoms with van der Waals surface area (Å²) >= 11 is 6.04. The van der Waals surface area contributed by atoms with E-state index in [1.807, 2.05) is 0 Å². The Morgan fingerprint density at radius 1 is 1.17 bits per heavy atom. The molecular formula is C17H21ClFN3O2. The summed E-state index contributed by atoms with van der Waals surface area (Å²) in [5.74, 6) is -0.149. The van der Waals surface area contributed by atoms with Crippen molar-refractivity contribution >= 4 is 29.2 Å². The maximum Gasteiger partial charge on any atom is 0.322 e. The van der Waals surface area contributed by atoms with Crippen molar-refractivity contribution < 1.29 is 14.0 Å². The minimum atomic E-state index is -1.18. The third-order valence-corrected chi connectivity index (χ3v) is 4.91. The number of nitrogens with zero attached hydrogens (tertiary/aromatic N) is 2. The molecule has 0 aromatic heterocycles. The van der Waals surface area contributed by atoms with Crippen LogP contribution in [0.1, 0.15) is 25.7 Å². The highest BCUT2D eigenvalue weighted by Crippen LogP contribution is 2.26. The fourth-order valence-corrected chi connectivity index (χ4v) is 3.50. The molecule has 0 unspecified atom stereocenters. The quantitative estimate of drug-likeness (QED) is 0.887. The zero-order valence-corrected chi connectivity index (χ0v) is 14.1. The molecule has 2 fully saturated rings. The van der Waals surface area contributed by atoms with Crippen LogP contribution in [0.4, 0.5) is 14.9 Å². The van der Waals surface area contributed by atoms with E-state index in [0.717, 1.165) is 19.3 Å². The summed E-state index contributed by atoms with van der Waals surface area (Å²) in [4.78, 5) is 28.3. The summed E-state index contributed by atoms with van der Waals surface area (Å²) in [5.41, 5.74) is 0.454. The summed E-state index contributed by atoms with van der Waals surface area (Å²) in [5, 5.41) is 3.08. The number of amides is 3. The number of hydrogen-bond donors (Lipinski definition) is 1. The van der Waals surface area contributed by atoms with E-state index < -0.39 is 18.2 Å². The molecule has 0 radical (unpaired) electrons. The van der Waals surface area contributed by atoms with Crippen molar-refractivity contribution in [2.24, 2.45) is 0 Å². The summed E-state index contributed by atoms with van der Waals surface area (Å²) in [6, 6.07) is 5.62. The fourth-order valence-electron chi connectivity index (χ4n) is 3.32. The van der Waals surface area contributed by atoms with E-state index in [-0.39, 0.29) is 18.9 Å². The van der Waals surface area contributed by atoms with Gasteiger partial charge in [-0.15, -0.1) is 0 Å². The lowest BCUT2D eigenvalue weighted by molar-refractivity contribution is -0.136. The molecule has 5 nitrogen and oxygen atoms in total. The number of benzene rings is 1. The molecule has 7 heteroatoms. The van der Waals surface area contributed by atoms with Crippen LogP contribution in [0.5, 0.6) is 0 Å². The van der Waals surface area contributed by atoms with Crippen LogP contribution in [0.15, 0.2) is 24.3 Å². The van der Waals surface area contributed by atoms with E-state index in [1.54, 1.807) is 29.2 Å². The van der Waals surface area contributed by atoms with Gasteiger partial charge in [0.25, 0.3) is 0 Å². The second-order valence-electron chi connectivity index (χ2n) is 6.30. The van der Waals surface area contributed by atoms with E-state index in [4.69, 9.17) is 11.6 Å². The van der Waals surface area contributed by atoms with Crippen molar-refractivity contribution in [3.05, 3.63) is 29.3 Å². The molecule has 0 spiro atoms. The van der Waals surface area contributed by atoms with Gasteiger partial charge in [0.05, 0.1) is 17.3 Å². The van der Waals surface area contributed by atoms with Crippen LogP contribution in [-0.4, -0.2) is 53.6 Å². The number of hydrogen-bond acceptors (Lipinski definition) is 2. The number of carbonyl (C=O) groups is 2. The first kappa shape index (κ1) is 17.0. The van der Waals surface area contributed by atoms with E-state index in [1.165, 1.54) is 4.90 Å². The predicted molar refractivity (Wildman–Crippen MR) is 90.9 cm³/mol. The lowest BCUT2D eigenvalue weighted by Crippen LogP contribution is -2.50. The predicted octanol–water partition coefficient (Wildman–Crippen LogP) is 3.30. The summed E-state index contributed by atoms with van der Waals surface area (Å²) in [6.07, 6.45) is 1.91. The normalized spacial score (nSPS) is 24.1. The SMILES string of the molecule is O=C([C@@H]1C[C@H](F)CN1C(=O)Nc1ccccc1Cl)N1CCCCC1. The van der Waals surface area contributed by atoms with E-state index in [0.29, 0.717) is 23.8 Å². The molecule has 2 saturated heterocycles. The second-order valence-corrected chi connectivity index (χ2v) is 6.70. The molecule has 0 saturated carbocycles. The Labute approximate surface area is 145 Å². The molecule has 24 heavy (non-hydrogen) atoms. The van der Waals surface area contributed by atoms with Gasteiger partial charge < -0.3 is 15.1 Å². The Kier molecular flexibility index (Phi) is 5.23. The van der Waals surface area contributed by atoms with E-state index in [9.17, 15) is 14.0 Å².